The van der Waals surface area contributed by atoms with Gasteiger partial charge in [-0.05, 0) is 19.4 Å². The van der Waals surface area contributed by atoms with Crippen molar-refractivity contribution in [1.29, 1.82) is 0 Å². The topological polar surface area (TPSA) is 17.1 Å². The third-order valence-corrected chi connectivity index (χ3v) is 2.38. The molecule has 0 bridgehead atoms. The van der Waals surface area contributed by atoms with Crippen LogP contribution in [0.15, 0.2) is 12.2 Å². The summed E-state index contributed by atoms with van der Waals surface area (Å²) < 4.78 is 0. The molecule has 0 saturated carbocycles. The van der Waals surface area contributed by atoms with Crippen molar-refractivity contribution in [3.63, 3.8) is 0 Å². The van der Waals surface area contributed by atoms with Gasteiger partial charge in [0.1, 0.15) is 0 Å². The normalized spacial score (nSPS) is 11.0. The molecule has 0 atom stereocenters. The van der Waals surface area contributed by atoms with Crippen LogP contribution in [0.5, 0.6) is 0 Å². The van der Waals surface area contributed by atoms with Crippen LogP contribution in [0, 0.1) is 0 Å². The van der Waals surface area contributed by atoms with E-state index in [4.69, 9.17) is 0 Å². The van der Waals surface area contributed by atoms with Crippen LogP contribution < -0.4 is 0 Å². The molecule has 0 aromatic carbocycles. The highest BCUT2D eigenvalue weighted by molar-refractivity contribution is 5.89. The van der Waals surface area contributed by atoms with E-state index in [0.717, 1.165) is 12.8 Å². The molecule has 0 radical (unpaired) electrons. The molecule has 1 nitrogen and oxygen atoms in total. The van der Waals surface area contributed by atoms with Crippen molar-refractivity contribution in [3.05, 3.63) is 12.2 Å². The second-order valence-electron chi connectivity index (χ2n) is 3.84. The van der Waals surface area contributed by atoms with Gasteiger partial charge in [-0.3, -0.25) is 4.79 Å². The first-order valence-corrected chi connectivity index (χ1v) is 5.96. The van der Waals surface area contributed by atoms with E-state index >= 15 is 0 Å². The summed E-state index contributed by atoms with van der Waals surface area (Å²) >= 11 is 0. The van der Waals surface area contributed by atoms with Gasteiger partial charge in [0.25, 0.3) is 0 Å². The summed E-state index contributed by atoms with van der Waals surface area (Å²) in [6, 6.07) is 0. The number of rotatable bonds is 9. The van der Waals surface area contributed by atoms with Gasteiger partial charge in [0.15, 0.2) is 5.78 Å². The Balaban J connectivity index is 3.09. The molecule has 0 aliphatic rings. The smallest absolute Gasteiger partial charge is 0.155 e. The summed E-state index contributed by atoms with van der Waals surface area (Å²) in [4.78, 5) is 11.1. The van der Waals surface area contributed by atoms with E-state index < -0.39 is 0 Å². The maximum absolute atomic E-state index is 11.1. The third kappa shape index (κ3) is 9.50. The minimum absolute atomic E-state index is 0.279. The van der Waals surface area contributed by atoms with E-state index in [9.17, 15) is 4.79 Å². The Kier molecular flexibility index (Phi) is 10.0. The summed E-state index contributed by atoms with van der Waals surface area (Å²) in [5.41, 5.74) is 0. The molecule has 0 aromatic rings. The predicted molar refractivity (Wildman–Crippen MR) is 62.4 cm³/mol. The number of carbonyl (C=O) groups excluding carboxylic acids is 1. The fourth-order valence-corrected chi connectivity index (χ4v) is 1.53. The zero-order valence-corrected chi connectivity index (χ0v) is 9.72. The van der Waals surface area contributed by atoms with Crippen molar-refractivity contribution < 1.29 is 4.79 Å². The Morgan fingerprint density at radius 3 is 2.14 bits per heavy atom. The summed E-state index contributed by atoms with van der Waals surface area (Å²) in [6.45, 7) is 4.12. The van der Waals surface area contributed by atoms with Crippen molar-refractivity contribution in [2.24, 2.45) is 0 Å². The van der Waals surface area contributed by atoms with Gasteiger partial charge in [0.2, 0.25) is 0 Å². The standard InChI is InChI=1S/C13H24O/c1-3-5-6-7-8-9-10-12-13(14)11-4-2/h4,11H,3,5-10,12H2,1-2H3. The Hall–Kier alpha value is -0.590. The zero-order valence-electron chi connectivity index (χ0n) is 9.72. The number of unbranched alkanes of at least 4 members (excludes halogenated alkanes) is 6. The minimum Gasteiger partial charge on any atom is -0.295 e. The molecule has 1 heteroatoms. The largest absolute Gasteiger partial charge is 0.295 e. The quantitative estimate of drug-likeness (QED) is 0.397. The average Bonchev–Trinajstić information content (AvgIpc) is 2.17. The first-order valence-electron chi connectivity index (χ1n) is 5.96. The van der Waals surface area contributed by atoms with Crippen molar-refractivity contribution in [3.8, 4) is 0 Å². The van der Waals surface area contributed by atoms with Gasteiger partial charge < -0.3 is 0 Å². The predicted octanol–water partition coefficient (Wildman–Crippen LogP) is 4.27. The SMILES string of the molecule is CC=CC(=O)CCCCCCCCC. The highest BCUT2D eigenvalue weighted by Crippen LogP contribution is 2.08. The van der Waals surface area contributed by atoms with E-state index in [-0.39, 0.29) is 5.78 Å². The van der Waals surface area contributed by atoms with Gasteiger partial charge >= 0.3 is 0 Å². The number of hydrogen-bond donors (Lipinski definition) is 0. The molecule has 0 fully saturated rings. The van der Waals surface area contributed by atoms with Crippen LogP contribution in [0.4, 0.5) is 0 Å². The lowest BCUT2D eigenvalue weighted by molar-refractivity contribution is -0.114. The highest BCUT2D eigenvalue weighted by Gasteiger charge is 1.95. The molecule has 0 heterocycles. The molecule has 0 rings (SSSR count). The molecule has 0 spiro atoms. The fourth-order valence-electron chi connectivity index (χ4n) is 1.53. The second kappa shape index (κ2) is 10.5. The van der Waals surface area contributed by atoms with E-state index in [0.29, 0.717) is 0 Å². The number of allylic oxidation sites excluding steroid dienone is 2. The number of carbonyl (C=O) groups is 1. The molecule has 82 valence electrons. The van der Waals surface area contributed by atoms with Crippen molar-refractivity contribution >= 4 is 5.78 Å². The lowest BCUT2D eigenvalue weighted by Crippen LogP contribution is -1.91. The monoisotopic (exact) mass is 196 g/mol. The molecule has 0 aliphatic heterocycles. The van der Waals surface area contributed by atoms with Gasteiger partial charge in [-0.25, -0.2) is 0 Å². The Morgan fingerprint density at radius 1 is 1.00 bits per heavy atom. The third-order valence-electron chi connectivity index (χ3n) is 2.38. The van der Waals surface area contributed by atoms with Gasteiger partial charge in [0.05, 0.1) is 0 Å². The van der Waals surface area contributed by atoms with Crippen LogP contribution in [-0.2, 0) is 4.79 Å². The Labute approximate surface area is 88.6 Å². The molecule has 14 heavy (non-hydrogen) atoms. The first-order chi connectivity index (χ1) is 6.81. The average molecular weight is 196 g/mol. The fraction of sp³-hybridized carbons (Fsp3) is 0.769. The van der Waals surface area contributed by atoms with Crippen LogP contribution in [0.25, 0.3) is 0 Å². The van der Waals surface area contributed by atoms with Gasteiger partial charge in [-0.1, -0.05) is 51.5 Å². The van der Waals surface area contributed by atoms with E-state index in [1.807, 2.05) is 13.0 Å². The Morgan fingerprint density at radius 2 is 1.57 bits per heavy atom. The Bertz CT molecular complexity index is 159. The van der Waals surface area contributed by atoms with Crippen molar-refractivity contribution in [2.45, 2.75) is 65.2 Å². The van der Waals surface area contributed by atoms with E-state index in [1.54, 1.807) is 6.08 Å². The molecular formula is C13H24O. The zero-order chi connectivity index (χ0) is 10.6. The number of hydrogen-bond acceptors (Lipinski definition) is 1. The summed E-state index contributed by atoms with van der Waals surface area (Å²) in [7, 11) is 0. The van der Waals surface area contributed by atoms with Crippen LogP contribution in [0.3, 0.4) is 0 Å². The summed E-state index contributed by atoms with van der Waals surface area (Å²) in [6.07, 6.45) is 13.2. The van der Waals surface area contributed by atoms with Crippen LogP contribution in [-0.4, -0.2) is 5.78 Å². The van der Waals surface area contributed by atoms with E-state index in [2.05, 4.69) is 6.92 Å². The second-order valence-corrected chi connectivity index (χ2v) is 3.84. The molecule has 0 N–H and O–H groups in total. The van der Waals surface area contributed by atoms with Gasteiger partial charge in [-0.2, -0.15) is 0 Å². The maximum Gasteiger partial charge on any atom is 0.155 e. The van der Waals surface area contributed by atoms with Crippen LogP contribution in [0.2, 0.25) is 0 Å². The van der Waals surface area contributed by atoms with Gasteiger partial charge in [-0.15, -0.1) is 0 Å². The minimum atomic E-state index is 0.279. The van der Waals surface area contributed by atoms with Crippen LogP contribution >= 0.6 is 0 Å². The molecular weight excluding hydrogens is 172 g/mol. The van der Waals surface area contributed by atoms with Crippen molar-refractivity contribution in [2.75, 3.05) is 0 Å². The molecule has 0 aliphatic carbocycles. The lowest BCUT2D eigenvalue weighted by atomic mass is 10.1. The maximum atomic E-state index is 11.1. The van der Waals surface area contributed by atoms with E-state index in [1.165, 1.54) is 38.5 Å². The number of ketones is 1. The highest BCUT2D eigenvalue weighted by atomic mass is 16.1. The molecule has 0 saturated heterocycles. The summed E-state index contributed by atoms with van der Waals surface area (Å²) in [5.74, 6) is 0.279. The van der Waals surface area contributed by atoms with Crippen LogP contribution in [0.1, 0.15) is 65.2 Å². The lowest BCUT2D eigenvalue weighted by Gasteiger charge is -1.99. The summed E-state index contributed by atoms with van der Waals surface area (Å²) in [5, 5.41) is 0. The van der Waals surface area contributed by atoms with Gasteiger partial charge in [0, 0.05) is 6.42 Å². The first kappa shape index (κ1) is 13.4. The molecule has 0 aromatic heterocycles. The molecule has 0 unspecified atom stereocenters. The van der Waals surface area contributed by atoms with Crippen molar-refractivity contribution in [1.82, 2.24) is 0 Å². The molecule has 0 amide bonds.